The molecule has 3 rings (SSSR count). The number of pyridine rings is 1. The van der Waals surface area contributed by atoms with E-state index in [0.29, 0.717) is 32.8 Å². The molecule has 2 aromatic heterocycles. The standard InChI is InChI=1S/C18H24N4O3/c23-18(20-8-4-13-24-15-16-5-3-14-25-16)22-11-9-21(10-12-22)17-6-1-2-7-19-17/h1-3,5-7,14H,4,8-13,15H2,(H,20,23). The van der Waals surface area contributed by atoms with Gasteiger partial charge in [-0.1, -0.05) is 6.07 Å². The zero-order valence-electron chi connectivity index (χ0n) is 14.3. The van der Waals surface area contributed by atoms with Crippen molar-refractivity contribution in [1.29, 1.82) is 0 Å². The topological polar surface area (TPSA) is 70.8 Å². The zero-order valence-corrected chi connectivity index (χ0v) is 14.3. The van der Waals surface area contributed by atoms with Gasteiger partial charge in [0.2, 0.25) is 0 Å². The highest BCUT2D eigenvalue weighted by Crippen LogP contribution is 2.12. The summed E-state index contributed by atoms with van der Waals surface area (Å²) in [4.78, 5) is 20.6. The molecule has 2 amide bonds. The van der Waals surface area contributed by atoms with Gasteiger partial charge in [0, 0.05) is 45.5 Å². The second kappa shape index (κ2) is 9.08. The maximum atomic E-state index is 12.2. The molecule has 0 bridgehead atoms. The number of carbonyl (C=O) groups excluding carboxylic acids is 1. The van der Waals surface area contributed by atoms with Crippen molar-refractivity contribution in [3.8, 4) is 0 Å². The number of hydrogen-bond donors (Lipinski definition) is 1. The fourth-order valence-electron chi connectivity index (χ4n) is 2.73. The monoisotopic (exact) mass is 344 g/mol. The van der Waals surface area contributed by atoms with E-state index in [0.717, 1.165) is 31.1 Å². The van der Waals surface area contributed by atoms with Gasteiger partial charge in [0.25, 0.3) is 0 Å². The molecule has 0 aromatic carbocycles. The average Bonchev–Trinajstić information content (AvgIpc) is 3.19. The Morgan fingerprint density at radius 1 is 1.20 bits per heavy atom. The molecule has 7 nitrogen and oxygen atoms in total. The van der Waals surface area contributed by atoms with Crippen LogP contribution in [0.3, 0.4) is 0 Å². The highest BCUT2D eigenvalue weighted by Gasteiger charge is 2.21. The lowest BCUT2D eigenvalue weighted by Gasteiger charge is -2.35. The van der Waals surface area contributed by atoms with Crippen molar-refractivity contribution in [3.63, 3.8) is 0 Å². The molecule has 25 heavy (non-hydrogen) atoms. The van der Waals surface area contributed by atoms with Crippen LogP contribution in [0.2, 0.25) is 0 Å². The molecule has 1 N–H and O–H groups in total. The summed E-state index contributed by atoms with van der Waals surface area (Å²) in [6.07, 6.45) is 4.20. The number of urea groups is 1. The average molecular weight is 344 g/mol. The van der Waals surface area contributed by atoms with Crippen LogP contribution < -0.4 is 10.2 Å². The molecule has 1 saturated heterocycles. The Labute approximate surface area is 147 Å². The van der Waals surface area contributed by atoms with Crippen molar-refractivity contribution in [2.75, 3.05) is 44.2 Å². The highest BCUT2D eigenvalue weighted by molar-refractivity contribution is 5.74. The van der Waals surface area contributed by atoms with Crippen LogP contribution in [-0.2, 0) is 11.3 Å². The van der Waals surface area contributed by atoms with Gasteiger partial charge in [-0.15, -0.1) is 0 Å². The molecule has 0 aliphatic carbocycles. The Kier molecular flexibility index (Phi) is 6.28. The lowest BCUT2D eigenvalue weighted by molar-refractivity contribution is 0.104. The first-order valence-electron chi connectivity index (χ1n) is 8.62. The Bertz CT molecular complexity index is 625. The number of amides is 2. The number of nitrogens with zero attached hydrogens (tertiary/aromatic N) is 3. The molecule has 0 radical (unpaired) electrons. The summed E-state index contributed by atoms with van der Waals surface area (Å²) in [6, 6.07) is 9.60. The Balaban J connectivity index is 1.28. The molecule has 134 valence electrons. The van der Waals surface area contributed by atoms with Crippen LogP contribution in [0.15, 0.2) is 47.2 Å². The zero-order chi connectivity index (χ0) is 17.3. The minimum atomic E-state index is -0.00768. The van der Waals surface area contributed by atoms with Crippen molar-refractivity contribution >= 4 is 11.8 Å². The van der Waals surface area contributed by atoms with Gasteiger partial charge in [-0.25, -0.2) is 9.78 Å². The van der Waals surface area contributed by atoms with E-state index in [9.17, 15) is 4.79 Å². The second-order valence-electron chi connectivity index (χ2n) is 5.88. The van der Waals surface area contributed by atoms with Crippen molar-refractivity contribution < 1.29 is 13.9 Å². The van der Waals surface area contributed by atoms with Crippen LogP contribution in [0.1, 0.15) is 12.2 Å². The van der Waals surface area contributed by atoms with Crippen LogP contribution in [0, 0.1) is 0 Å². The first-order valence-corrected chi connectivity index (χ1v) is 8.62. The van der Waals surface area contributed by atoms with Gasteiger partial charge in [-0.05, 0) is 30.7 Å². The summed E-state index contributed by atoms with van der Waals surface area (Å²) >= 11 is 0. The van der Waals surface area contributed by atoms with Gasteiger partial charge in [0.15, 0.2) is 0 Å². The first kappa shape index (κ1) is 17.3. The Morgan fingerprint density at radius 3 is 2.80 bits per heavy atom. The van der Waals surface area contributed by atoms with Crippen LogP contribution in [0.4, 0.5) is 10.6 Å². The Morgan fingerprint density at radius 2 is 2.08 bits per heavy atom. The summed E-state index contributed by atoms with van der Waals surface area (Å²) in [5.41, 5.74) is 0. The van der Waals surface area contributed by atoms with Gasteiger partial charge in [-0.2, -0.15) is 0 Å². The number of anilines is 1. The molecule has 7 heteroatoms. The number of furan rings is 1. The summed E-state index contributed by atoms with van der Waals surface area (Å²) in [5.74, 6) is 1.78. The largest absolute Gasteiger partial charge is 0.467 e. The number of piperazine rings is 1. The van der Waals surface area contributed by atoms with Gasteiger partial charge in [0.1, 0.15) is 18.2 Å². The summed E-state index contributed by atoms with van der Waals surface area (Å²) in [6.45, 7) is 4.69. The molecule has 1 aliphatic rings. The van der Waals surface area contributed by atoms with E-state index < -0.39 is 0 Å². The molecular weight excluding hydrogens is 320 g/mol. The van der Waals surface area contributed by atoms with E-state index in [1.807, 2.05) is 35.2 Å². The van der Waals surface area contributed by atoms with E-state index in [2.05, 4.69) is 15.2 Å². The molecule has 0 spiro atoms. The van der Waals surface area contributed by atoms with Crippen molar-refractivity contribution in [1.82, 2.24) is 15.2 Å². The van der Waals surface area contributed by atoms with Crippen LogP contribution >= 0.6 is 0 Å². The summed E-state index contributed by atoms with van der Waals surface area (Å²) in [5, 5.41) is 2.95. The third kappa shape index (κ3) is 5.22. The first-order chi connectivity index (χ1) is 12.3. The summed E-state index contributed by atoms with van der Waals surface area (Å²) in [7, 11) is 0. The summed E-state index contributed by atoms with van der Waals surface area (Å²) < 4.78 is 10.7. The predicted octanol–water partition coefficient (Wildman–Crippen LogP) is 2.11. The molecule has 0 saturated carbocycles. The fraction of sp³-hybridized carbons (Fsp3) is 0.444. The van der Waals surface area contributed by atoms with Crippen molar-refractivity contribution in [2.24, 2.45) is 0 Å². The van der Waals surface area contributed by atoms with Crippen molar-refractivity contribution in [3.05, 3.63) is 48.6 Å². The highest BCUT2D eigenvalue weighted by atomic mass is 16.5. The molecule has 0 atom stereocenters. The van der Waals surface area contributed by atoms with Gasteiger partial charge < -0.3 is 24.3 Å². The fourth-order valence-corrected chi connectivity index (χ4v) is 2.73. The van der Waals surface area contributed by atoms with E-state index in [-0.39, 0.29) is 6.03 Å². The minimum Gasteiger partial charge on any atom is -0.467 e. The smallest absolute Gasteiger partial charge is 0.317 e. The predicted molar refractivity (Wildman–Crippen MR) is 94.4 cm³/mol. The lowest BCUT2D eigenvalue weighted by atomic mass is 10.3. The number of ether oxygens (including phenoxy) is 1. The molecule has 1 aliphatic heterocycles. The maximum absolute atomic E-state index is 12.2. The van der Waals surface area contributed by atoms with E-state index >= 15 is 0 Å². The third-order valence-corrected chi connectivity index (χ3v) is 4.11. The number of rotatable bonds is 7. The lowest BCUT2D eigenvalue weighted by Crippen LogP contribution is -2.52. The van der Waals surface area contributed by atoms with Crippen LogP contribution in [0.25, 0.3) is 0 Å². The van der Waals surface area contributed by atoms with Gasteiger partial charge in [0.05, 0.1) is 6.26 Å². The molecule has 1 fully saturated rings. The SMILES string of the molecule is O=C(NCCCOCc1ccco1)N1CCN(c2ccccn2)CC1. The maximum Gasteiger partial charge on any atom is 0.317 e. The number of nitrogens with one attached hydrogen (secondary N) is 1. The van der Waals surface area contributed by atoms with E-state index in [1.165, 1.54) is 0 Å². The second-order valence-corrected chi connectivity index (χ2v) is 5.88. The molecule has 3 heterocycles. The Hall–Kier alpha value is -2.54. The third-order valence-electron chi connectivity index (χ3n) is 4.11. The van der Waals surface area contributed by atoms with Gasteiger partial charge in [-0.3, -0.25) is 0 Å². The minimum absolute atomic E-state index is 0.00768. The van der Waals surface area contributed by atoms with Gasteiger partial charge >= 0.3 is 6.03 Å². The van der Waals surface area contributed by atoms with Crippen LogP contribution in [0.5, 0.6) is 0 Å². The normalized spacial score (nSPS) is 14.6. The number of aromatic nitrogens is 1. The number of hydrogen-bond acceptors (Lipinski definition) is 5. The molecular formula is C18H24N4O3. The quantitative estimate of drug-likeness (QED) is 0.779. The van der Waals surface area contributed by atoms with Crippen LogP contribution in [-0.4, -0.2) is 55.2 Å². The number of carbonyl (C=O) groups is 1. The van der Waals surface area contributed by atoms with E-state index in [4.69, 9.17) is 9.15 Å². The van der Waals surface area contributed by atoms with Crippen molar-refractivity contribution in [2.45, 2.75) is 13.0 Å². The molecule has 2 aromatic rings. The van der Waals surface area contributed by atoms with E-state index in [1.54, 1.807) is 12.5 Å². The molecule has 0 unspecified atom stereocenters.